The summed E-state index contributed by atoms with van der Waals surface area (Å²) in [5, 5.41) is 0. The highest BCUT2D eigenvalue weighted by molar-refractivity contribution is 6.77. The van der Waals surface area contributed by atoms with E-state index in [1.54, 1.807) is 6.08 Å². The van der Waals surface area contributed by atoms with Crippen molar-refractivity contribution in [2.45, 2.75) is 78.9 Å². The first kappa shape index (κ1) is 27.4. The van der Waals surface area contributed by atoms with Gasteiger partial charge in [0.15, 0.2) is 5.41 Å². The van der Waals surface area contributed by atoms with Gasteiger partial charge in [0, 0.05) is 0 Å². The van der Waals surface area contributed by atoms with E-state index in [9.17, 15) is 9.59 Å². The lowest BCUT2D eigenvalue weighted by atomic mass is 9.75. The van der Waals surface area contributed by atoms with Gasteiger partial charge in [-0.05, 0) is 46.0 Å². The predicted octanol–water partition coefficient (Wildman–Crippen LogP) is 6.43. The molecule has 2 rings (SSSR count). The second kappa shape index (κ2) is 10.2. The third kappa shape index (κ3) is 4.47. The highest BCUT2D eigenvalue weighted by atomic mass is 28.4. The fraction of sp³-hybridized carbons (Fsp3) is 0.704. The Balaban J connectivity index is 2.85. The zero-order valence-electron chi connectivity index (χ0n) is 22.4. The predicted molar refractivity (Wildman–Crippen MR) is 135 cm³/mol. The van der Waals surface area contributed by atoms with Crippen LogP contribution < -0.4 is 0 Å². The topological polar surface area (TPSA) is 61.8 Å². The van der Waals surface area contributed by atoms with Crippen molar-refractivity contribution in [2.75, 3.05) is 14.2 Å². The molecule has 0 saturated carbocycles. The van der Waals surface area contributed by atoms with Gasteiger partial charge in [-0.2, -0.15) is 0 Å². The maximum absolute atomic E-state index is 13.2. The molecule has 0 saturated heterocycles. The van der Waals surface area contributed by atoms with Crippen molar-refractivity contribution in [3.63, 3.8) is 0 Å². The first-order chi connectivity index (χ1) is 15.3. The van der Waals surface area contributed by atoms with Gasteiger partial charge in [-0.1, -0.05) is 80.5 Å². The van der Waals surface area contributed by atoms with Crippen LogP contribution in [0.1, 0.15) is 62.3 Å². The summed E-state index contributed by atoms with van der Waals surface area (Å²) in [6, 6.07) is 0. The summed E-state index contributed by atoms with van der Waals surface area (Å²) in [7, 11) is 0.272. The maximum atomic E-state index is 13.2. The molecule has 6 heteroatoms. The normalized spacial score (nSPS) is 24.5. The average Bonchev–Trinajstić information content (AvgIpc) is 3.04. The number of esters is 2. The first-order valence-electron chi connectivity index (χ1n) is 12.3. The Hall–Kier alpha value is -1.82. The Labute approximate surface area is 201 Å². The van der Waals surface area contributed by atoms with E-state index < -0.39 is 31.6 Å². The summed E-state index contributed by atoms with van der Waals surface area (Å²) >= 11 is 0. The lowest BCUT2D eigenvalue weighted by Gasteiger charge is -2.45. The zero-order chi connectivity index (χ0) is 25.3. The molecule has 0 fully saturated rings. The van der Waals surface area contributed by atoms with E-state index >= 15 is 0 Å². The summed E-state index contributed by atoms with van der Waals surface area (Å²) in [5.74, 6) is -0.271. The molecule has 0 radical (unpaired) electrons. The average molecular weight is 477 g/mol. The van der Waals surface area contributed by atoms with Crippen LogP contribution in [0.5, 0.6) is 0 Å². The minimum absolute atomic E-state index is 0.220. The minimum atomic E-state index is -2.36. The van der Waals surface area contributed by atoms with Crippen molar-refractivity contribution in [1.29, 1.82) is 0 Å². The van der Waals surface area contributed by atoms with Crippen LogP contribution in [0.2, 0.25) is 16.6 Å². The molecule has 0 heterocycles. The van der Waals surface area contributed by atoms with Gasteiger partial charge in [0.2, 0.25) is 0 Å². The fourth-order valence-corrected chi connectivity index (χ4v) is 11.6. The number of carbonyl (C=O) groups is 2. The molecular formula is C27H44O5Si. The summed E-state index contributed by atoms with van der Waals surface area (Å²) in [6.45, 7) is 20.0. The van der Waals surface area contributed by atoms with Gasteiger partial charge in [0.25, 0.3) is 8.32 Å². The van der Waals surface area contributed by atoms with E-state index in [4.69, 9.17) is 13.9 Å². The molecule has 2 aliphatic carbocycles. The van der Waals surface area contributed by atoms with Gasteiger partial charge in [0.05, 0.1) is 25.9 Å². The number of fused-ring (bicyclic) bond motifs is 1. The number of hydrogen-bond donors (Lipinski definition) is 0. The quantitative estimate of drug-likeness (QED) is 0.229. The molecule has 3 atom stereocenters. The van der Waals surface area contributed by atoms with E-state index in [1.165, 1.54) is 14.2 Å². The Kier molecular flexibility index (Phi) is 8.48. The van der Waals surface area contributed by atoms with Crippen LogP contribution in [0, 0.1) is 29.1 Å². The second-order valence-electron chi connectivity index (χ2n) is 11.0. The van der Waals surface area contributed by atoms with Gasteiger partial charge in [0.1, 0.15) is 0 Å². The van der Waals surface area contributed by atoms with Crippen LogP contribution in [0.15, 0.2) is 35.6 Å². The third-order valence-electron chi connectivity index (χ3n) is 7.85. The van der Waals surface area contributed by atoms with Gasteiger partial charge in [-0.3, -0.25) is 9.59 Å². The SMILES string of the molecule is COC(=O)C1(C(=O)OC)C=CC2=C[C@H](C)[C@H](C(C)C)C=C(O[Si](C(C)C)(C(C)C)C(C)C)[C@@H]21. The van der Waals surface area contributed by atoms with Crippen LogP contribution in [-0.2, 0) is 23.5 Å². The fourth-order valence-electron chi connectivity index (χ4n) is 6.32. The number of allylic oxidation sites excluding steroid dienone is 4. The summed E-state index contributed by atoms with van der Waals surface area (Å²) in [5.41, 5.74) is 0.390. The second-order valence-corrected chi connectivity index (χ2v) is 16.3. The van der Waals surface area contributed by atoms with Gasteiger partial charge in [-0.15, -0.1) is 0 Å². The van der Waals surface area contributed by atoms with Crippen molar-refractivity contribution in [3.8, 4) is 0 Å². The minimum Gasteiger partial charge on any atom is -0.545 e. The number of hydrogen-bond acceptors (Lipinski definition) is 5. The molecule has 0 aromatic heterocycles. The van der Waals surface area contributed by atoms with Crippen molar-refractivity contribution < 1.29 is 23.5 Å². The number of ether oxygens (including phenoxy) is 2. The van der Waals surface area contributed by atoms with Gasteiger partial charge in [-0.25, -0.2) is 0 Å². The highest BCUT2D eigenvalue weighted by Crippen LogP contribution is 2.53. The van der Waals surface area contributed by atoms with Crippen molar-refractivity contribution in [3.05, 3.63) is 35.6 Å². The molecule has 0 amide bonds. The molecule has 0 aromatic rings. The van der Waals surface area contributed by atoms with Crippen LogP contribution >= 0.6 is 0 Å². The van der Waals surface area contributed by atoms with Crippen LogP contribution in [-0.4, -0.2) is 34.5 Å². The summed E-state index contributed by atoms with van der Waals surface area (Å²) < 4.78 is 17.6. The Morgan fingerprint density at radius 3 is 1.76 bits per heavy atom. The van der Waals surface area contributed by atoms with Crippen LogP contribution in [0.25, 0.3) is 0 Å². The highest BCUT2D eigenvalue weighted by Gasteiger charge is 2.60. The molecule has 0 aromatic carbocycles. The lowest BCUT2D eigenvalue weighted by molar-refractivity contribution is -0.167. The Morgan fingerprint density at radius 1 is 0.879 bits per heavy atom. The van der Waals surface area contributed by atoms with Gasteiger partial charge < -0.3 is 13.9 Å². The lowest BCUT2D eigenvalue weighted by Crippen LogP contribution is -2.51. The monoisotopic (exact) mass is 476 g/mol. The summed E-state index contributed by atoms with van der Waals surface area (Å²) in [6.07, 6.45) is 7.93. The van der Waals surface area contributed by atoms with Crippen LogP contribution in [0.4, 0.5) is 0 Å². The molecule has 0 aliphatic heterocycles. The number of carbonyl (C=O) groups excluding carboxylic acids is 2. The van der Waals surface area contributed by atoms with E-state index in [0.717, 1.165) is 11.3 Å². The van der Waals surface area contributed by atoms with E-state index in [-0.39, 0.29) is 11.8 Å². The molecule has 5 nitrogen and oxygen atoms in total. The smallest absolute Gasteiger partial charge is 0.328 e. The van der Waals surface area contributed by atoms with Gasteiger partial charge >= 0.3 is 11.9 Å². The number of rotatable bonds is 8. The Morgan fingerprint density at radius 2 is 1.36 bits per heavy atom. The molecule has 0 unspecified atom stereocenters. The molecule has 2 aliphatic rings. The molecule has 0 spiro atoms. The van der Waals surface area contributed by atoms with E-state index in [1.807, 2.05) is 6.08 Å². The maximum Gasteiger partial charge on any atom is 0.328 e. The third-order valence-corrected chi connectivity index (χ3v) is 13.9. The standard InChI is InChI=1S/C27H44O5Si/c1-16(2)22-15-23(32-33(17(3)4,18(5)6)19(7)8)24-21(14-20(22)9)12-13-27(24,25(28)30-10)26(29)31-11/h12-20,22,24H,1-11H3/t20-,22-,24+/m0/s1. The van der Waals surface area contributed by atoms with Crippen molar-refractivity contribution >= 4 is 20.3 Å². The molecular weight excluding hydrogens is 432 g/mol. The van der Waals surface area contributed by atoms with E-state index in [0.29, 0.717) is 22.5 Å². The van der Waals surface area contributed by atoms with Crippen LogP contribution in [0.3, 0.4) is 0 Å². The molecule has 0 bridgehead atoms. The largest absolute Gasteiger partial charge is 0.545 e. The van der Waals surface area contributed by atoms with E-state index in [2.05, 4.69) is 74.5 Å². The summed E-state index contributed by atoms with van der Waals surface area (Å²) in [4.78, 5) is 26.5. The molecule has 0 N–H and O–H groups in total. The Bertz CT molecular complexity index is 796. The molecule has 33 heavy (non-hydrogen) atoms. The van der Waals surface area contributed by atoms with Crippen molar-refractivity contribution in [1.82, 2.24) is 0 Å². The number of methoxy groups -OCH3 is 2. The first-order valence-corrected chi connectivity index (χ1v) is 14.4. The molecule has 186 valence electrons. The van der Waals surface area contributed by atoms with Crippen molar-refractivity contribution in [2.24, 2.45) is 29.1 Å². The zero-order valence-corrected chi connectivity index (χ0v) is 23.4.